The van der Waals surface area contributed by atoms with Crippen LogP contribution in [0.4, 0.5) is 0 Å². The lowest BCUT2D eigenvalue weighted by molar-refractivity contribution is 0.00301. The van der Waals surface area contributed by atoms with Gasteiger partial charge in [0.05, 0.1) is 6.10 Å². The summed E-state index contributed by atoms with van der Waals surface area (Å²) in [5, 5.41) is 13.5. The fraction of sp³-hybridized carbons (Fsp3) is 0.714. The number of aromatic amines is 1. The highest BCUT2D eigenvalue weighted by molar-refractivity contribution is 5.94. The molecule has 2 aliphatic heterocycles. The van der Waals surface area contributed by atoms with Crippen molar-refractivity contribution in [2.45, 2.75) is 38.8 Å². The minimum Gasteiger partial charge on any atom is -0.378 e. The fourth-order valence-corrected chi connectivity index (χ4v) is 3.01. The Hall–Kier alpha value is -1.40. The van der Waals surface area contributed by atoms with Gasteiger partial charge in [-0.2, -0.15) is 5.10 Å². The number of carbonyl (C=O) groups is 1. The lowest BCUT2D eigenvalue weighted by Crippen LogP contribution is -2.35. The van der Waals surface area contributed by atoms with E-state index in [0.717, 1.165) is 50.2 Å². The van der Waals surface area contributed by atoms with Gasteiger partial charge in [-0.1, -0.05) is 0 Å². The molecule has 6 nitrogen and oxygen atoms in total. The molecule has 0 bridgehead atoms. The van der Waals surface area contributed by atoms with E-state index in [1.165, 1.54) is 0 Å². The maximum Gasteiger partial charge on any atom is 0.272 e. The van der Waals surface area contributed by atoms with Crippen LogP contribution in [0.15, 0.2) is 0 Å². The number of rotatable bonds is 3. The molecule has 0 aromatic carbocycles. The summed E-state index contributed by atoms with van der Waals surface area (Å²) in [4.78, 5) is 12.2. The first-order valence-corrected chi connectivity index (χ1v) is 7.40. The summed E-state index contributed by atoms with van der Waals surface area (Å²) in [6.07, 6.45) is 3.24. The zero-order valence-corrected chi connectivity index (χ0v) is 11.9. The van der Waals surface area contributed by atoms with Crippen LogP contribution in [0.2, 0.25) is 0 Å². The van der Waals surface area contributed by atoms with Gasteiger partial charge in [0.2, 0.25) is 0 Å². The van der Waals surface area contributed by atoms with Crippen LogP contribution in [0.3, 0.4) is 0 Å². The number of nitrogens with zero attached hydrogens (tertiary/aromatic N) is 1. The monoisotopic (exact) mass is 278 g/mol. The van der Waals surface area contributed by atoms with Crippen molar-refractivity contribution in [2.75, 3.05) is 19.7 Å². The van der Waals surface area contributed by atoms with Gasteiger partial charge >= 0.3 is 0 Å². The molecule has 1 saturated heterocycles. The number of aromatic nitrogens is 2. The molecule has 0 aliphatic carbocycles. The van der Waals surface area contributed by atoms with E-state index in [1.54, 1.807) is 0 Å². The maximum atomic E-state index is 12.2. The van der Waals surface area contributed by atoms with Crippen LogP contribution in [0.25, 0.3) is 0 Å². The molecule has 110 valence electrons. The van der Waals surface area contributed by atoms with Crippen LogP contribution < -0.4 is 10.6 Å². The molecule has 6 heteroatoms. The van der Waals surface area contributed by atoms with Crippen molar-refractivity contribution < 1.29 is 9.53 Å². The summed E-state index contributed by atoms with van der Waals surface area (Å²) < 4.78 is 5.52. The number of hydrogen-bond donors (Lipinski definition) is 3. The van der Waals surface area contributed by atoms with Crippen molar-refractivity contribution in [2.24, 2.45) is 5.92 Å². The predicted octanol–water partition coefficient (Wildman–Crippen LogP) is 0.600. The predicted molar refractivity (Wildman–Crippen MR) is 74.5 cm³/mol. The third-order valence-electron chi connectivity index (χ3n) is 4.17. The average Bonchev–Trinajstić information content (AvgIpc) is 2.89. The van der Waals surface area contributed by atoms with Crippen molar-refractivity contribution in [3.8, 4) is 0 Å². The van der Waals surface area contributed by atoms with Crippen molar-refractivity contribution in [1.29, 1.82) is 0 Å². The molecule has 0 spiro atoms. The number of hydrogen-bond acceptors (Lipinski definition) is 4. The Morgan fingerprint density at radius 3 is 3.30 bits per heavy atom. The molecular formula is C14H22N4O2. The Bertz CT molecular complexity index is 486. The van der Waals surface area contributed by atoms with E-state index in [2.05, 4.69) is 27.8 Å². The quantitative estimate of drug-likeness (QED) is 0.756. The highest BCUT2D eigenvalue weighted by atomic mass is 16.5. The number of fused-ring (bicyclic) bond motifs is 1. The molecule has 1 aromatic heterocycles. The van der Waals surface area contributed by atoms with Gasteiger partial charge in [0.1, 0.15) is 0 Å². The normalized spacial score (nSPS) is 26.1. The van der Waals surface area contributed by atoms with Gasteiger partial charge < -0.3 is 15.4 Å². The minimum absolute atomic E-state index is 0.0645. The van der Waals surface area contributed by atoms with Gasteiger partial charge in [-0.05, 0) is 25.7 Å². The molecule has 1 aromatic rings. The van der Waals surface area contributed by atoms with Crippen molar-refractivity contribution in [3.63, 3.8) is 0 Å². The van der Waals surface area contributed by atoms with Gasteiger partial charge in [0.25, 0.3) is 5.91 Å². The standard InChI is InChI=1S/C14H22N4O2/c1-9-6-10(3-5-20-9)7-16-14(19)13-11-8-15-4-2-12(11)17-18-13/h9-10,15H,2-8H2,1H3,(H,16,19)(H,17,18). The summed E-state index contributed by atoms with van der Waals surface area (Å²) >= 11 is 0. The largest absolute Gasteiger partial charge is 0.378 e. The molecular weight excluding hydrogens is 256 g/mol. The van der Waals surface area contributed by atoms with Gasteiger partial charge in [0.15, 0.2) is 5.69 Å². The van der Waals surface area contributed by atoms with Crippen LogP contribution in [-0.2, 0) is 17.7 Å². The third-order valence-corrected chi connectivity index (χ3v) is 4.17. The zero-order valence-electron chi connectivity index (χ0n) is 11.9. The van der Waals surface area contributed by atoms with E-state index in [4.69, 9.17) is 4.74 Å². The molecule has 2 aliphatic rings. The number of ether oxygens (including phenoxy) is 1. The summed E-state index contributed by atoms with van der Waals surface area (Å²) in [7, 11) is 0. The Morgan fingerprint density at radius 1 is 1.55 bits per heavy atom. The first-order chi connectivity index (χ1) is 9.74. The second-order valence-electron chi connectivity index (χ2n) is 5.74. The van der Waals surface area contributed by atoms with Crippen LogP contribution in [0.1, 0.15) is 41.5 Å². The number of amides is 1. The molecule has 0 radical (unpaired) electrons. The smallest absolute Gasteiger partial charge is 0.272 e. The average molecular weight is 278 g/mol. The molecule has 1 amide bonds. The summed E-state index contributed by atoms with van der Waals surface area (Å²) in [6, 6.07) is 0. The van der Waals surface area contributed by atoms with E-state index >= 15 is 0 Å². The van der Waals surface area contributed by atoms with Gasteiger partial charge in [0, 0.05) is 43.9 Å². The summed E-state index contributed by atoms with van der Waals surface area (Å²) in [5.41, 5.74) is 2.66. The molecule has 2 atom stereocenters. The van der Waals surface area contributed by atoms with E-state index in [-0.39, 0.29) is 5.91 Å². The molecule has 20 heavy (non-hydrogen) atoms. The molecule has 0 saturated carbocycles. The fourth-order valence-electron chi connectivity index (χ4n) is 3.01. The van der Waals surface area contributed by atoms with Crippen LogP contribution >= 0.6 is 0 Å². The zero-order chi connectivity index (χ0) is 13.9. The van der Waals surface area contributed by atoms with Gasteiger partial charge in [-0.3, -0.25) is 9.89 Å². The van der Waals surface area contributed by atoms with Crippen molar-refractivity contribution in [1.82, 2.24) is 20.8 Å². The maximum absolute atomic E-state index is 12.2. The summed E-state index contributed by atoms with van der Waals surface area (Å²) in [6.45, 7) is 5.26. The lowest BCUT2D eigenvalue weighted by Gasteiger charge is -2.27. The van der Waals surface area contributed by atoms with Crippen molar-refractivity contribution in [3.05, 3.63) is 17.0 Å². The molecule has 1 fully saturated rings. The second kappa shape index (κ2) is 5.93. The van der Waals surface area contributed by atoms with Gasteiger partial charge in [-0.25, -0.2) is 0 Å². The van der Waals surface area contributed by atoms with E-state index in [9.17, 15) is 4.79 Å². The molecule has 3 rings (SSSR count). The third kappa shape index (κ3) is 2.86. The number of carbonyl (C=O) groups excluding carboxylic acids is 1. The first kappa shape index (κ1) is 13.6. The van der Waals surface area contributed by atoms with Crippen molar-refractivity contribution >= 4 is 5.91 Å². The molecule has 2 unspecified atom stereocenters. The van der Waals surface area contributed by atoms with Crippen LogP contribution in [0, 0.1) is 5.92 Å². The number of H-pyrrole nitrogens is 1. The highest BCUT2D eigenvalue weighted by Gasteiger charge is 2.23. The summed E-state index contributed by atoms with van der Waals surface area (Å²) in [5.74, 6) is 0.445. The SMILES string of the molecule is CC1CC(CNC(=O)c2n[nH]c3c2CNCC3)CCO1. The lowest BCUT2D eigenvalue weighted by atomic mass is 9.96. The Kier molecular flexibility index (Phi) is 4.03. The first-order valence-electron chi connectivity index (χ1n) is 7.40. The van der Waals surface area contributed by atoms with Crippen LogP contribution in [0.5, 0.6) is 0 Å². The Labute approximate surface area is 118 Å². The number of nitrogens with one attached hydrogen (secondary N) is 3. The van der Waals surface area contributed by atoms with E-state index < -0.39 is 0 Å². The minimum atomic E-state index is -0.0645. The molecule has 3 N–H and O–H groups in total. The van der Waals surface area contributed by atoms with Gasteiger partial charge in [-0.15, -0.1) is 0 Å². The molecule has 3 heterocycles. The Balaban J connectivity index is 1.58. The highest BCUT2D eigenvalue weighted by Crippen LogP contribution is 2.19. The second-order valence-corrected chi connectivity index (χ2v) is 5.74. The topological polar surface area (TPSA) is 79.0 Å². The van der Waals surface area contributed by atoms with E-state index in [1.807, 2.05) is 0 Å². The van der Waals surface area contributed by atoms with Crippen LogP contribution in [-0.4, -0.2) is 41.9 Å². The Morgan fingerprint density at radius 2 is 2.45 bits per heavy atom. The van der Waals surface area contributed by atoms with E-state index in [0.29, 0.717) is 24.3 Å².